The summed E-state index contributed by atoms with van der Waals surface area (Å²) in [5, 5.41) is 0. The van der Waals surface area contributed by atoms with E-state index >= 15 is 0 Å². The first-order chi connectivity index (χ1) is 9.05. The number of carbonyl (C=O) groups is 1. The van der Waals surface area contributed by atoms with Crippen molar-refractivity contribution in [3.63, 3.8) is 0 Å². The van der Waals surface area contributed by atoms with Gasteiger partial charge >= 0.3 is 0 Å². The third-order valence-corrected chi connectivity index (χ3v) is 6.13. The highest BCUT2D eigenvalue weighted by Crippen LogP contribution is 2.34. The average molecular weight is 283 g/mol. The van der Waals surface area contributed by atoms with E-state index in [1.54, 1.807) is 0 Å². The van der Waals surface area contributed by atoms with Crippen molar-refractivity contribution < 1.29 is 13.2 Å². The van der Waals surface area contributed by atoms with Crippen LogP contribution in [0.4, 0.5) is 0 Å². The largest absolute Gasteiger partial charge is 0.336 e. The summed E-state index contributed by atoms with van der Waals surface area (Å²) in [4.78, 5) is 14.4. The lowest BCUT2D eigenvalue weighted by atomic mass is 10.0. The van der Waals surface area contributed by atoms with Gasteiger partial charge in [-0.15, -0.1) is 0 Å². The van der Waals surface area contributed by atoms with E-state index in [0.29, 0.717) is 24.8 Å². The van der Waals surface area contributed by atoms with Crippen molar-refractivity contribution >= 4 is 15.7 Å². The highest BCUT2D eigenvalue weighted by Gasteiger charge is 2.42. The Morgan fingerprint density at radius 3 is 2.47 bits per heavy atom. The number of amides is 1. The third kappa shape index (κ3) is 3.02. The van der Waals surface area contributed by atoms with Crippen LogP contribution in [-0.2, 0) is 14.6 Å². The fourth-order valence-electron chi connectivity index (χ4n) is 3.25. The Hall–Kier alpha value is -0.840. The lowest BCUT2D eigenvalue weighted by Gasteiger charge is -2.29. The second-order valence-corrected chi connectivity index (χ2v) is 8.29. The van der Waals surface area contributed by atoms with Crippen LogP contribution in [0.15, 0.2) is 12.2 Å². The number of nitrogens with zero attached hydrogens (tertiary/aromatic N) is 1. The van der Waals surface area contributed by atoms with E-state index < -0.39 is 9.84 Å². The SMILES string of the molecule is O=C(C[C@@H]1C=CCC1)N(C1CC1)[C@H]1CCS(=O)(=O)C1. The monoisotopic (exact) mass is 283 g/mol. The van der Waals surface area contributed by atoms with Gasteiger partial charge in [0.15, 0.2) is 9.84 Å². The first-order valence-corrected chi connectivity index (χ1v) is 9.05. The molecule has 19 heavy (non-hydrogen) atoms. The second kappa shape index (κ2) is 4.93. The maximum Gasteiger partial charge on any atom is 0.223 e. The lowest BCUT2D eigenvalue weighted by Crippen LogP contribution is -2.43. The fraction of sp³-hybridized carbons (Fsp3) is 0.786. The Morgan fingerprint density at radius 1 is 1.16 bits per heavy atom. The molecule has 0 aromatic rings. The van der Waals surface area contributed by atoms with Crippen molar-refractivity contribution in [1.82, 2.24) is 4.90 Å². The summed E-state index contributed by atoms with van der Waals surface area (Å²) >= 11 is 0. The highest BCUT2D eigenvalue weighted by molar-refractivity contribution is 7.91. The quantitative estimate of drug-likeness (QED) is 0.735. The standard InChI is InChI=1S/C14H21NO3S/c16-14(9-11-3-1-2-4-11)15(12-5-6-12)13-7-8-19(17,18)10-13/h1,3,11-13H,2,4-10H2/t11-,13+/m1/s1. The minimum Gasteiger partial charge on any atom is -0.336 e. The maximum absolute atomic E-state index is 12.5. The molecule has 106 valence electrons. The topological polar surface area (TPSA) is 54.5 Å². The molecular weight excluding hydrogens is 262 g/mol. The maximum atomic E-state index is 12.5. The first kappa shape index (κ1) is 13.2. The molecule has 0 spiro atoms. The molecule has 1 amide bonds. The van der Waals surface area contributed by atoms with Gasteiger partial charge in [-0.1, -0.05) is 12.2 Å². The van der Waals surface area contributed by atoms with E-state index in [1.165, 1.54) is 0 Å². The predicted molar refractivity (Wildman–Crippen MR) is 73.4 cm³/mol. The van der Waals surface area contributed by atoms with Crippen LogP contribution in [0.3, 0.4) is 0 Å². The molecule has 2 atom stereocenters. The predicted octanol–water partition coefficient (Wildman–Crippen LogP) is 1.52. The molecule has 3 aliphatic rings. The summed E-state index contributed by atoms with van der Waals surface area (Å²) < 4.78 is 23.2. The van der Waals surface area contributed by atoms with Crippen LogP contribution >= 0.6 is 0 Å². The minimum absolute atomic E-state index is 0.0598. The summed E-state index contributed by atoms with van der Waals surface area (Å²) in [7, 11) is -2.91. The van der Waals surface area contributed by atoms with Crippen LogP contribution in [0.2, 0.25) is 0 Å². The third-order valence-electron chi connectivity index (χ3n) is 4.38. The van der Waals surface area contributed by atoms with Gasteiger partial charge in [-0.05, 0) is 38.0 Å². The van der Waals surface area contributed by atoms with Gasteiger partial charge in [-0.2, -0.15) is 0 Å². The zero-order chi connectivity index (χ0) is 13.5. The van der Waals surface area contributed by atoms with Crippen molar-refractivity contribution in [1.29, 1.82) is 0 Å². The van der Waals surface area contributed by atoms with Gasteiger partial charge in [-0.3, -0.25) is 4.79 Å². The molecule has 2 aliphatic carbocycles. The van der Waals surface area contributed by atoms with E-state index in [2.05, 4.69) is 12.2 Å². The lowest BCUT2D eigenvalue weighted by molar-refractivity contribution is -0.134. The Morgan fingerprint density at radius 2 is 1.95 bits per heavy atom. The zero-order valence-corrected chi connectivity index (χ0v) is 11.9. The van der Waals surface area contributed by atoms with E-state index in [1.807, 2.05) is 4.90 Å². The number of allylic oxidation sites excluding steroid dienone is 2. The number of rotatable bonds is 4. The fourth-order valence-corrected chi connectivity index (χ4v) is 4.96. The molecule has 1 aliphatic heterocycles. The van der Waals surface area contributed by atoms with Crippen LogP contribution in [0.1, 0.15) is 38.5 Å². The second-order valence-electron chi connectivity index (χ2n) is 6.06. The molecule has 4 nitrogen and oxygen atoms in total. The Labute approximate surface area is 114 Å². The van der Waals surface area contributed by atoms with Crippen LogP contribution in [0.25, 0.3) is 0 Å². The molecule has 1 saturated heterocycles. The van der Waals surface area contributed by atoms with Crippen LogP contribution < -0.4 is 0 Å². The number of hydrogen-bond donors (Lipinski definition) is 0. The molecule has 3 rings (SSSR count). The summed E-state index contributed by atoms with van der Waals surface area (Å²) in [6.45, 7) is 0. The molecule has 0 aromatic heterocycles. The Kier molecular flexibility index (Phi) is 3.41. The molecule has 0 bridgehead atoms. The van der Waals surface area contributed by atoms with Gasteiger partial charge in [-0.25, -0.2) is 8.42 Å². The van der Waals surface area contributed by atoms with Crippen molar-refractivity contribution in [2.45, 2.75) is 50.6 Å². The van der Waals surface area contributed by atoms with Gasteiger partial charge in [0.25, 0.3) is 0 Å². The van der Waals surface area contributed by atoms with Crippen molar-refractivity contribution in [2.75, 3.05) is 11.5 Å². The van der Waals surface area contributed by atoms with Crippen molar-refractivity contribution in [3.05, 3.63) is 12.2 Å². The highest BCUT2D eigenvalue weighted by atomic mass is 32.2. The van der Waals surface area contributed by atoms with Gasteiger partial charge in [0, 0.05) is 18.5 Å². The Balaban J connectivity index is 1.67. The molecule has 5 heteroatoms. The summed E-state index contributed by atoms with van der Waals surface area (Å²) in [5.41, 5.74) is 0. The number of hydrogen-bond acceptors (Lipinski definition) is 3. The molecular formula is C14H21NO3S. The van der Waals surface area contributed by atoms with Crippen LogP contribution in [-0.4, -0.2) is 42.8 Å². The van der Waals surface area contributed by atoms with Crippen LogP contribution in [0.5, 0.6) is 0 Å². The molecule has 0 N–H and O–H groups in total. The summed E-state index contributed by atoms with van der Waals surface area (Å²) in [6.07, 6.45) is 9.68. The summed E-state index contributed by atoms with van der Waals surface area (Å²) in [6, 6.07) is 0.256. The molecule has 2 fully saturated rings. The summed E-state index contributed by atoms with van der Waals surface area (Å²) in [5.74, 6) is 0.959. The van der Waals surface area contributed by atoms with E-state index in [-0.39, 0.29) is 23.5 Å². The van der Waals surface area contributed by atoms with Crippen molar-refractivity contribution in [3.8, 4) is 0 Å². The Bertz CT molecular complexity index is 493. The number of carbonyl (C=O) groups excluding carboxylic acids is 1. The van der Waals surface area contributed by atoms with Gasteiger partial charge in [0.2, 0.25) is 5.91 Å². The minimum atomic E-state index is -2.91. The zero-order valence-electron chi connectivity index (χ0n) is 11.1. The van der Waals surface area contributed by atoms with E-state index in [0.717, 1.165) is 25.7 Å². The molecule has 1 saturated carbocycles. The molecule has 0 radical (unpaired) electrons. The van der Waals surface area contributed by atoms with E-state index in [4.69, 9.17) is 0 Å². The van der Waals surface area contributed by atoms with Gasteiger partial charge < -0.3 is 4.90 Å². The molecule has 0 unspecified atom stereocenters. The normalized spacial score (nSPS) is 32.6. The smallest absolute Gasteiger partial charge is 0.223 e. The first-order valence-electron chi connectivity index (χ1n) is 7.23. The van der Waals surface area contributed by atoms with Crippen molar-refractivity contribution in [2.24, 2.45) is 5.92 Å². The molecule has 0 aromatic carbocycles. The molecule has 1 heterocycles. The van der Waals surface area contributed by atoms with Gasteiger partial charge in [0.05, 0.1) is 11.5 Å². The van der Waals surface area contributed by atoms with E-state index in [9.17, 15) is 13.2 Å². The average Bonchev–Trinajstić information content (AvgIpc) is 2.90. The van der Waals surface area contributed by atoms with Crippen LogP contribution in [0, 0.1) is 5.92 Å². The van der Waals surface area contributed by atoms with Gasteiger partial charge in [0.1, 0.15) is 0 Å². The number of sulfone groups is 1.